The highest BCUT2D eigenvalue weighted by atomic mass is 19.1. The lowest BCUT2D eigenvalue weighted by Gasteiger charge is -2.04. The molecule has 1 rings (SSSR count). The number of ketones is 1. The van der Waals surface area contributed by atoms with Crippen LogP contribution in [0.3, 0.4) is 0 Å². The summed E-state index contributed by atoms with van der Waals surface area (Å²) in [5.41, 5.74) is -0.292. The first-order chi connectivity index (χ1) is 6.56. The quantitative estimate of drug-likeness (QED) is 0.583. The van der Waals surface area contributed by atoms with Crippen LogP contribution in [0.1, 0.15) is 10.4 Å². The SMILES string of the molecule is COc1ccc(F)cc1C(=O)C(=O)O. The molecular formula is C9H7FO4. The molecule has 0 aliphatic heterocycles. The first-order valence-electron chi connectivity index (χ1n) is 3.67. The second kappa shape index (κ2) is 3.87. The van der Waals surface area contributed by atoms with E-state index in [1.807, 2.05) is 0 Å². The maximum Gasteiger partial charge on any atom is 0.377 e. The molecule has 74 valence electrons. The number of halogens is 1. The predicted octanol–water partition coefficient (Wildman–Crippen LogP) is 1.10. The van der Waals surface area contributed by atoms with Crippen molar-refractivity contribution in [1.82, 2.24) is 0 Å². The zero-order chi connectivity index (χ0) is 10.7. The van der Waals surface area contributed by atoms with E-state index in [1.54, 1.807) is 0 Å². The summed E-state index contributed by atoms with van der Waals surface area (Å²) in [6.07, 6.45) is 0. The van der Waals surface area contributed by atoms with Gasteiger partial charge in [0.1, 0.15) is 11.6 Å². The number of hydrogen-bond acceptors (Lipinski definition) is 3. The molecule has 1 aromatic carbocycles. The average Bonchev–Trinajstić information content (AvgIpc) is 2.16. The highest BCUT2D eigenvalue weighted by Crippen LogP contribution is 2.19. The van der Waals surface area contributed by atoms with Crippen LogP contribution in [0.4, 0.5) is 4.39 Å². The minimum absolute atomic E-state index is 0.0406. The van der Waals surface area contributed by atoms with Crippen molar-refractivity contribution in [1.29, 1.82) is 0 Å². The molecule has 0 unspecified atom stereocenters. The normalized spacial score (nSPS) is 9.57. The number of Topliss-reactive ketones (excluding diaryl/α,β-unsaturated/α-hetero) is 1. The van der Waals surface area contributed by atoms with Crippen LogP contribution in [0.15, 0.2) is 18.2 Å². The lowest BCUT2D eigenvalue weighted by Crippen LogP contribution is -2.14. The Kier molecular flexibility index (Phi) is 2.81. The van der Waals surface area contributed by atoms with Crippen LogP contribution in [0.25, 0.3) is 0 Å². The number of carboxylic acids is 1. The number of benzene rings is 1. The molecule has 0 aliphatic rings. The van der Waals surface area contributed by atoms with E-state index in [4.69, 9.17) is 9.84 Å². The van der Waals surface area contributed by atoms with Gasteiger partial charge in [-0.25, -0.2) is 9.18 Å². The van der Waals surface area contributed by atoms with Gasteiger partial charge >= 0.3 is 5.97 Å². The molecule has 1 N–H and O–H groups in total. The molecule has 0 amide bonds. The summed E-state index contributed by atoms with van der Waals surface area (Å²) < 4.78 is 17.4. The van der Waals surface area contributed by atoms with E-state index in [0.29, 0.717) is 0 Å². The van der Waals surface area contributed by atoms with Gasteiger partial charge < -0.3 is 9.84 Å². The summed E-state index contributed by atoms with van der Waals surface area (Å²) in [7, 11) is 1.27. The number of carbonyl (C=O) groups is 2. The monoisotopic (exact) mass is 198 g/mol. The summed E-state index contributed by atoms with van der Waals surface area (Å²) in [6.45, 7) is 0. The Morgan fingerprint density at radius 2 is 2.07 bits per heavy atom. The minimum atomic E-state index is -1.64. The first kappa shape index (κ1) is 10.2. The summed E-state index contributed by atoms with van der Waals surface area (Å²) in [5, 5.41) is 8.42. The molecular weight excluding hydrogens is 191 g/mol. The Bertz CT molecular complexity index is 386. The van der Waals surface area contributed by atoms with Crippen LogP contribution in [0.2, 0.25) is 0 Å². The zero-order valence-electron chi connectivity index (χ0n) is 7.28. The van der Waals surface area contributed by atoms with E-state index in [-0.39, 0.29) is 11.3 Å². The van der Waals surface area contributed by atoms with Gasteiger partial charge in [-0.3, -0.25) is 4.79 Å². The molecule has 5 heteroatoms. The highest BCUT2D eigenvalue weighted by Gasteiger charge is 2.19. The lowest BCUT2D eigenvalue weighted by atomic mass is 10.1. The Hall–Kier alpha value is -1.91. The van der Waals surface area contributed by atoms with Gasteiger partial charge in [0.2, 0.25) is 0 Å². The van der Waals surface area contributed by atoms with E-state index >= 15 is 0 Å². The van der Waals surface area contributed by atoms with Crippen LogP contribution in [-0.4, -0.2) is 24.0 Å². The number of carboxylic acid groups (broad SMARTS) is 1. The number of aliphatic carboxylic acids is 1. The van der Waals surface area contributed by atoms with Crippen molar-refractivity contribution in [3.63, 3.8) is 0 Å². The van der Waals surface area contributed by atoms with Gasteiger partial charge in [-0.05, 0) is 18.2 Å². The fourth-order valence-electron chi connectivity index (χ4n) is 0.973. The molecule has 0 aromatic heterocycles. The van der Waals surface area contributed by atoms with Crippen LogP contribution >= 0.6 is 0 Å². The molecule has 1 aromatic rings. The number of hydrogen-bond donors (Lipinski definition) is 1. The Morgan fingerprint density at radius 1 is 1.43 bits per heavy atom. The summed E-state index contributed by atoms with van der Waals surface area (Å²) >= 11 is 0. The van der Waals surface area contributed by atoms with E-state index < -0.39 is 17.6 Å². The number of ether oxygens (including phenoxy) is 1. The largest absolute Gasteiger partial charge is 0.496 e. The predicted molar refractivity (Wildman–Crippen MR) is 44.9 cm³/mol. The van der Waals surface area contributed by atoms with Crippen LogP contribution in [0.5, 0.6) is 5.75 Å². The van der Waals surface area contributed by atoms with Crippen molar-refractivity contribution in [2.75, 3.05) is 7.11 Å². The third-order valence-electron chi connectivity index (χ3n) is 1.60. The fraction of sp³-hybridized carbons (Fsp3) is 0.111. The molecule has 0 saturated carbocycles. The molecule has 0 heterocycles. The third kappa shape index (κ3) is 1.87. The average molecular weight is 198 g/mol. The van der Waals surface area contributed by atoms with Crippen molar-refractivity contribution < 1.29 is 23.8 Å². The van der Waals surface area contributed by atoms with Gasteiger partial charge in [0.15, 0.2) is 0 Å². The second-order valence-electron chi connectivity index (χ2n) is 2.48. The van der Waals surface area contributed by atoms with Gasteiger partial charge in [-0.2, -0.15) is 0 Å². The standard InChI is InChI=1S/C9H7FO4/c1-14-7-3-2-5(10)4-6(7)8(11)9(12)13/h2-4H,1H3,(H,12,13). The van der Waals surface area contributed by atoms with Crippen LogP contribution < -0.4 is 4.74 Å². The molecule has 14 heavy (non-hydrogen) atoms. The van der Waals surface area contributed by atoms with Crippen molar-refractivity contribution in [2.45, 2.75) is 0 Å². The summed E-state index contributed by atoms with van der Waals surface area (Å²) in [4.78, 5) is 21.4. The van der Waals surface area contributed by atoms with Crippen molar-refractivity contribution >= 4 is 11.8 Å². The first-order valence-corrected chi connectivity index (χ1v) is 3.67. The fourth-order valence-corrected chi connectivity index (χ4v) is 0.973. The molecule has 0 fully saturated rings. The van der Waals surface area contributed by atoms with E-state index in [0.717, 1.165) is 12.1 Å². The maximum atomic E-state index is 12.7. The van der Waals surface area contributed by atoms with Crippen LogP contribution in [-0.2, 0) is 4.79 Å². The van der Waals surface area contributed by atoms with Crippen molar-refractivity contribution in [2.24, 2.45) is 0 Å². The summed E-state index contributed by atoms with van der Waals surface area (Å²) in [6, 6.07) is 3.11. The molecule has 0 atom stereocenters. The molecule has 0 saturated heterocycles. The highest BCUT2D eigenvalue weighted by molar-refractivity contribution is 6.40. The van der Waals surface area contributed by atoms with E-state index in [2.05, 4.69) is 0 Å². The number of carbonyl (C=O) groups excluding carboxylic acids is 1. The van der Waals surface area contributed by atoms with E-state index in [9.17, 15) is 14.0 Å². The van der Waals surface area contributed by atoms with Crippen molar-refractivity contribution in [3.8, 4) is 5.75 Å². The molecule has 0 radical (unpaired) electrons. The summed E-state index contributed by atoms with van der Waals surface area (Å²) in [5.74, 6) is -3.48. The maximum absolute atomic E-state index is 12.7. The van der Waals surface area contributed by atoms with Gasteiger partial charge in [-0.1, -0.05) is 0 Å². The van der Waals surface area contributed by atoms with Gasteiger partial charge in [0.25, 0.3) is 5.78 Å². The smallest absolute Gasteiger partial charge is 0.377 e. The second-order valence-corrected chi connectivity index (χ2v) is 2.48. The molecule has 0 bridgehead atoms. The van der Waals surface area contributed by atoms with Crippen molar-refractivity contribution in [3.05, 3.63) is 29.6 Å². The van der Waals surface area contributed by atoms with Gasteiger partial charge in [0, 0.05) is 0 Å². The Balaban J connectivity index is 3.23. The molecule has 0 aliphatic carbocycles. The Morgan fingerprint density at radius 3 is 2.57 bits per heavy atom. The topological polar surface area (TPSA) is 63.6 Å². The number of rotatable bonds is 3. The number of methoxy groups -OCH3 is 1. The lowest BCUT2D eigenvalue weighted by molar-refractivity contribution is -0.131. The minimum Gasteiger partial charge on any atom is -0.496 e. The zero-order valence-corrected chi connectivity index (χ0v) is 7.28. The van der Waals surface area contributed by atoms with Gasteiger partial charge in [-0.15, -0.1) is 0 Å². The third-order valence-corrected chi connectivity index (χ3v) is 1.60. The van der Waals surface area contributed by atoms with Crippen LogP contribution in [0, 0.1) is 5.82 Å². The van der Waals surface area contributed by atoms with E-state index in [1.165, 1.54) is 13.2 Å². The molecule has 4 nitrogen and oxygen atoms in total. The molecule has 0 spiro atoms. The van der Waals surface area contributed by atoms with Gasteiger partial charge in [0.05, 0.1) is 12.7 Å². The Labute approximate surface area is 78.9 Å².